The van der Waals surface area contributed by atoms with Gasteiger partial charge in [-0.05, 0) is 36.1 Å². The molecule has 5 rings (SSSR count). The second-order valence-corrected chi connectivity index (χ2v) is 8.92. The molecule has 1 saturated heterocycles. The van der Waals surface area contributed by atoms with E-state index in [-0.39, 0.29) is 5.91 Å². The van der Waals surface area contributed by atoms with Crippen molar-refractivity contribution in [3.8, 4) is 0 Å². The molecule has 2 aliphatic rings. The van der Waals surface area contributed by atoms with Crippen LogP contribution in [0.3, 0.4) is 0 Å². The Labute approximate surface area is 175 Å². The molecule has 150 valence electrons. The number of fused-ring (bicyclic) bond motifs is 2. The molecule has 6 heteroatoms. The van der Waals surface area contributed by atoms with Crippen LogP contribution in [0, 0.1) is 0 Å². The molecule has 5 nitrogen and oxygen atoms in total. The number of hydrogen-bond acceptors (Lipinski definition) is 5. The number of hydrogen-bond donors (Lipinski definition) is 0. The van der Waals surface area contributed by atoms with Crippen LogP contribution in [0.15, 0.2) is 48.5 Å². The summed E-state index contributed by atoms with van der Waals surface area (Å²) in [6.07, 6.45) is 2.03. The average Bonchev–Trinajstić information content (AvgIpc) is 3.02. The maximum atomic E-state index is 13.0. The van der Waals surface area contributed by atoms with Crippen LogP contribution < -0.4 is 4.90 Å². The van der Waals surface area contributed by atoms with Gasteiger partial charge in [-0.25, -0.2) is 4.98 Å². The summed E-state index contributed by atoms with van der Waals surface area (Å²) in [7, 11) is 0. The summed E-state index contributed by atoms with van der Waals surface area (Å²) in [6.45, 7) is 5.80. The first kappa shape index (κ1) is 18.6. The number of rotatable bonds is 3. The predicted molar refractivity (Wildman–Crippen MR) is 118 cm³/mol. The number of thiazole rings is 1. The molecule has 0 saturated carbocycles. The number of anilines is 1. The largest absolute Gasteiger partial charge is 0.346 e. The molecule has 0 N–H and O–H groups in total. The van der Waals surface area contributed by atoms with E-state index in [1.54, 1.807) is 11.3 Å². The van der Waals surface area contributed by atoms with Crippen LogP contribution in [0.5, 0.6) is 0 Å². The maximum absolute atomic E-state index is 13.0. The van der Waals surface area contributed by atoms with Crippen molar-refractivity contribution in [3.63, 3.8) is 0 Å². The quantitative estimate of drug-likeness (QED) is 0.668. The van der Waals surface area contributed by atoms with Gasteiger partial charge in [0.2, 0.25) is 5.91 Å². The highest BCUT2D eigenvalue weighted by atomic mass is 32.1. The van der Waals surface area contributed by atoms with Crippen LogP contribution in [-0.4, -0.2) is 60.0 Å². The number of benzene rings is 2. The molecule has 1 fully saturated rings. The third-order valence-electron chi connectivity index (χ3n) is 5.97. The van der Waals surface area contributed by atoms with E-state index in [4.69, 9.17) is 4.98 Å². The van der Waals surface area contributed by atoms with Crippen molar-refractivity contribution in [1.29, 1.82) is 0 Å². The third kappa shape index (κ3) is 4.00. The second kappa shape index (κ2) is 8.13. The minimum atomic E-state index is 0.260. The molecule has 0 aliphatic carbocycles. The summed E-state index contributed by atoms with van der Waals surface area (Å²) in [5.41, 5.74) is 3.86. The first-order valence-electron chi connectivity index (χ1n) is 10.4. The lowest BCUT2D eigenvalue weighted by Gasteiger charge is -2.30. The molecular formula is C23H26N4OS. The average molecular weight is 407 g/mol. The minimum absolute atomic E-state index is 0.260. The molecule has 1 amide bonds. The van der Waals surface area contributed by atoms with Crippen LogP contribution in [0.2, 0.25) is 0 Å². The van der Waals surface area contributed by atoms with Crippen LogP contribution in [0.1, 0.15) is 17.5 Å². The first-order chi connectivity index (χ1) is 14.3. The number of carbonyl (C=O) groups is 1. The molecule has 3 aromatic rings. The van der Waals surface area contributed by atoms with Gasteiger partial charge < -0.3 is 9.80 Å². The number of aromatic nitrogens is 1. The van der Waals surface area contributed by atoms with Crippen molar-refractivity contribution in [1.82, 2.24) is 14.8 Å². The van der Waals surface area contributed by atoms with Crippen molar-refractivity contribution in [3.05, 3.63) is 59.7 Å². The van der Waals surface area contributed by atoms with E-state index in [1.807, 2.05) is 11.0 Å². The minimum Gasteiger partial charge on any atom is -0.346 e. The Morgan fingerprint density at radius 2 is 1.76 bits per heavy atom. The molecule has 0 spiro atoms. The summed E-state index contributed by atoms with van der Waals surface area (Å²) in [5, 5.41) is 1.08. The number of para-hydroxylation sites is 1. The fraction of sp³-hybridized carbons (Fsp3) is 0.391. The normalized spacial score (nSPS) is 17.9. The number of carbonyl (C=O) groups excluding carboxylic acids is 1. The molecule has 0 atom stereocenters. The number of nitrogens with zero attached hydrogens (tertiary/aromatic N) is 4. The summed E-state index contributed by atoms with van der Waals surface area (Å²) >= 11 is 1.75. The molecule has 0 radical (unpaired) electrons. The Bertz CT molecular complexity index is 984. The Kier molecular flexibility index (Phi) is 5.21. The SMILES string of the molecule is O=C(CN1CCc2ccccc2C1)N1CCCN(c2nc3ccccc3s2)CC1. The second-order valence-electron chi connectivity index (χ2n) is 7.91. The number of amides is 1. The smallest absolute Gasteiger partial charge is 0.236 e. The van der Waals surface area contributed by atoms with Crippen molar-refractivity contribution in [2.24, 2.45) is 0 Å². The van der Waals surface area contributed by atoms with Gasteiger partial charge in [-0.1, -0.05) is 47.7 Å². The topological polar surface area (TPSA) is 39.7 Å². The van der Waals surface area contributed by atoms with Crippen molar-refractivity contribution in [2.75, 3.05) is 44.2 Å². The fourth-order valence-corrected chi connectivity index (χ4v) is 5.35. The molecule has 2 aromatic carbocycles. The fourth-order valence-electron chi connectivity index (χ4n) is 4.33. The van der Waals surface area contributed by atoms with E-state index in [9.17, 15) is 4.79 Å². The zero-order chi connectivity index (χ0) is 19.6. The van der Waals surface area contributed by atoms with Gasteiger partial charge in [0.1, 0.15) is 0 Å². The van der Waals surface area contributed by atoms with E-state index in [0.717, 1.165) is 62.8 Å². The summed E-state index contributed by atoms with van der Waals surface area (Å²) in [6, 6.07) is 16.9. The highest BCUT2D eigenvalue weighted by Gasteiger charge is 2.24. The summed E-state index contributed by atoms with van der Waals surface area (Å²) < 4.78 is 1.23. The maximum Gasteiger partial charge on any atom is 0.236 e. The van der Waals surface area contributed by atoms with Crippen LogP contribution in [0.4, 0.5) is 5.13 Å². The molecular weight excluding hydrogens is 380 g/mol. The van der Waals surface area contributed by atoms with Gasteiger partial charge >= 0.3 is 0 Å². The van der Waals surface area contributed by atoms with Gasteiger partial charge in [0, 0.05) is 39.3 Å². The van der Waals surface area contributed by atoms with Crippen molar-refractivity contribution >= 4 is 32.6 Å². The van der Waals surface area contributed by atoms with Gasteiger partial charge in [-0.2, -0.15) is 0 Å². The lowest BCUT2D eigenvalue weighted by Crippen LogP contribution is -2.43. The van der Waals surface area contributed by atoms with Gasteiger partial charge in [0.25, 0.3) is 0 Å². The van der Waals surface area contributed by atoms with E-state index < -0.39 is 0 Å². The highest BCUT2D eigenvalue weighted by molar-refractivity contribution is 7.22. The van der Waals surface area contributed by atoms with Crippen LogP contribution in [-0.2, 0) is 17.8 Å². The lowest BCUT2D eigenvalue weighted by atomic mass is 10.00. The monoisotopic (exact) mass is 406 g/mol. The van der Waals surface area contributed by atoms with Gasteiger partial charge in [-0.3, -0.25) is 9.69 Å². The highest BCUT2D eigenvalue weighted by Crippen LogP contribution is 2.29. The first-order valence-corrected chi connectivity index (χ1v) is 11.3. The summed E-state index contributed by atoms with van der Waals surface area (Å²) in [4.78, 5) is 24.4. The lowest BCUT2D eigenvalue weighted by molar-refractivity contribution is -0.132. The van der Waals surface area contributed by atoms with E-state index in [0.29, 0.717) is 6.54 Å². The van der Waals surface area contributed by atoms with Gasteiger partial charge in [-0.15, -0.1) is 0 Å². The molecule has 0 bridgehead atoms. The summed E-state index contributed by atoms with van der Waals surface area (Å²) in [5.74, 6) is 0.260. The van der Waals surface area contributed by atoms with Crippen molar-refractivity contribution in [2.45, 2.75) is 19.4 Å². The standard InChI is InChI=1S/C23H26N4OS/c28-22(17-25-13-10-18-6-1-2-7-19(18)16-25)26-11-5-12-27(15-14-26)23-24-20-8-3-4-9-21(20)29-23/h1-4,6-9H,5,10-17H2. The Morgan fingerprint density at radius 1 is 0.931 bits per heavy atom. The zero-order valence-corrected chi connectivity index (χ0v) is 17.4. The third-order valence-corrected chi connectivity index (χ3v) is 7.07. The zero-order valence-electron chi connectivity index (χ0n) is 16.6. The van der Waals surface area contributed by atoms with Crippen LogP contribution >= 0.6 is 11.3 Å². The van der Waals surface area contributed by atoms with Crippen molar-refractivity contribution < 1.29 is 4.79 Å². The molecule has 2 aliphatic heterocycles. The Balaban J connectivity index is 1.20. The Hall–Kier alpha value is -2.44. The predicted octanol–water partition coefficient (Wildman–Crippen LogP) is 3.39. The Morgan fingerprint density at radius 3 is 2.66 bits per heavy atom. The van der Waals surface area contributed by atoms with E-state index in [1.165, 1.54) is 15.8 Å². The molecule has 1 aromatic heterocycles. The van der Waals surface area contributed by atoms with Crippen LogP contribution in [0.25, 0.3) is 10.2 Å². The van der Waals surface area contributed by atoms with E-state index in [2.05, 4.69) is 52.3 Å². The molecule has 29 heavy (non-hydrogen) atoms. The molecule has 3 heterocycles. The van der Waals surface area contributed by atoms with E-state index >= 15 is 0 Å². The molecule has 0 unspecified atom stereocenters. The van der Waals surface area contributed by atoms with Gasteiger partial charge in [0.15, 0.2) is 5.13 Å². The van der Waals surface area contributed by atoms with Gasteiger partial charge in [0.05, 0.1) is 16.8 Å².